The summed E-state index contributed by atoms with van der Waals surface area (Å²) in [6, 6.07) is 18.8. The van der Waals surface area contributed by atoms with E-state index in [1.54, 1.807) is 12.1 Å². The maximum absolute atomic E-state index is 10.8. The van der Waals surface area contributed by atoms with Crippen LogP contribution in [0.2, 0.25) is 0 Å². The quantitative estimate of drug-likeness (QED) is 0.640. The summed E-state index contributed by atoms with van der Waals surface area (Å²) in [5.74, 6) is 2.41. The van der Waals surface area contributed by atoms with Crippen molar-refractivity contribution in [1.29, 1.82) is 0 Å². The van der Waals surface area contributed by atoms with Crippen LogP contribution in [0.4, 0.5) is 0 Å². The summed E-state index contributed by atoms with van der Waals surface area (Å²) in [4.78, 5) is 10.8. The number of carbonyl (C=O) groups is 1. The number of rotatable bonds is 4. The smallest absolute Gasteiger partial charge is 0.185 e. The molecule has 3 aromatic rings. The summed E-state index contributed by atoms with van der Waals surface area (Å²) >= 11 is 0. The van der Waals surface area contributed by atoms with Gasteiger partial charge in [0, 0.05) is 0 Å². The highest BCUT2D eigenvalue weighted by atomic mass is 16.5. The van der Waals surface area contributed by atoms with Gasteiger partial charge in [-0.1, -0.05) is 30.3 Å². The van der Waals surface area contributed by atoms with Crippen LogP contribution >= 0.6 is 0 Å². The maximum atomic E-state index is 10.8. The van der Waals surface area contributed by atoms with Crippen molar-refractivity contribution in [2.24, 2.45) is 0 Å². The molecule has 0 saturated heterocycles. The van der Waals surface area contributed by atoms with Gasteiger partial charge in [0.15, 0.2) is 12.0 Å². The first-order valence-corrected chi connectivity index (χ1v) is 6.66. The first kappa shape index (κ1) is 13.2. The Balaban J connectivity index is 2.05. The predicted molar refractivity (Wildman–Crippen MR) is 80.8 cm³/mol. The first-order valence-electron chi connectivity index (χ1n) is 6.66. The fraction of sp³-hybridized carbons (Fsp3) is 0.0556. The Labute approximate surface area is 122 Å². The molecule has 104 valence electrons. The normalized spacial score (nSPS) is 10.3. The third-order valence-electron chi connectivity index (χ3n) is 3.18. The van der Waals surface area contributed by atoms with Gasteiger partial charge in [-0.2, -0.15) is 0 Å². The summed E-state index contributed by atoms with van der Waals surface area (Å²) in [5.41, 5.74) is 1.83. The van der Waals surface area contributed by atoms with Gasteiger partial charge in [0.25, 0.3) is 0 Å². The van der Waals surface area contributed by atoms with Crippen LogP contribution < -0.4 is 4.74 Å². The zero-order chi connectivity index (χ0) is 14.7. The number of hydrogen-bond acceptors (Lipinski definition) is 3. The molecule has 3 rings (SSSR count). The number of aryl methyl sites for hydroxylation is 1. The van der Waals surface area contributed by atoms with Crippen LogP contribution in [0.1, 0.15) is 16.1 Å². The van der Waals surface area contributed by atoms with Crippen LogP contribution in [0.3, 0.4) is 0 Å². The molecule has 3 nitrogen and oxygen atoms in total. The van der Waals surface area contributed by atoms with Gasteiger partial charge in [-0.05, 0) is 42.8 Å². The van der Waals surface area contributed by atoms with Crippen molar-refractivity contribution in [1.82, 2.24) is 0 Å². The van der Waals surface area contributed by atoms with Crippen molar-refractivity contribution >= 4 is 6.29 Å². The van der Waals surface area contributed by atoms with Gasteiger partial charge in [0.05, 0.1) is 5.56 Å². The van der Waals surface area contributed by atoms with Crippen LogP contribution in [0.25, 0.3) is 11.3 Å². The second-order valence-corrected chi connectivity index (χ2v) is 4.69. The maximum Gasteiger partial charge on any atom is 0.185 e. The molecule has 0 radical (unpaired) electrons. The molecule has 1 heterocycles. The van der Waals surface area contributed by atoms with Crippen molar-refractivity contribution in [3.8, 4) is 22.8 Å². The molecule has 0 aliphatic carbocycles. The molecule has 0 bridgehead atoms. The lowest BCUT2D eigenvalue weighted by Crippen LogP contribution is -1.90. The lowest BCUT2D eigenvalue weighted by molar-refractivity contribution is 0.110. The van der Waals surface area contributed by atoms with E-state index in [0.717, 1.165) is 22.6 Å². The van der Waals surface area contributed by atoms with Crippen molar-refractivity contribution in [3.63, 3.8) is 0 Å². The molecule has 0 saturated carbocycles. The Morgan fingerprint density at radius 3 is 2.48 bits per heavy atom. The lowest BCUT2D eigenvalue weighted by atomic mass is 10.1. The monoisotopic (exact) mass is 278 g/mol. The Bertz CT molecular complexity index is 757. The van der Waals surface area contributed by atoms with E-state index < -0.39 is 0 Å². The van der Waals surface area contributed by atoms with Crippen LogP contribution in [-0.4, -0.2) is 6.29 Å². The van der Waals surface area contributed by atoms with E-state index in [1.165, 1.54) is 0 Å². The van der Waals surface area contributed by atoms with E-state index in [4.69, 9.17) is 9.15 Å². The Morgan fingerprint density at radius 2 is 1.76 bits per heavy atom. The average Bonchev–Trinajstić information content (AvgIpc) is 2.99. The predicted octanol–water partition coefficient (Wildman–Crippen LogP) is 4.86. The molecular formula is C18H14O3. The van der Waals surface area contributed by atoms with Crippen LogP contribution in [-0.2, 0) is 0 Å². The molecule has 0 N–H and O–H groups in total. The summed E-state index contributed by atoms with van der Waals surface area (Å²) in [7, 11) is 0. The van der Waals surface area contributed by atoms with E-state index in [-0.39, 0.29) is 0 Å². The molecule has 21 heavy (non-hydrogen) atoms. The third-order valence-corrected chi connectivity index (χ3v) is 3.18. The molecule has 2 aromatic carbocycles. The molecular weight excluding hydrogens is 264 g/mol. The fourth-order valence-electron chi connectivity index (χ4n) is 2.15. The molecule has 0 aliphatic heterocycles. The van der Waals surface area contributed by atoms with Crippen LogP contribution in [0, 0.1) is 6.92 Å². The Kier molecular flexibility index (Phi) is 3.56. The van der Waals surface area contributed by atoms with Gasteiger partial charge in [-0.25, -0.2) is 0 Å². The Hall–Kier alpha value is -2.81. The minimum Gasteiger partial charge on any atom is -0.456 e. The second kappa shape index (κ2) is 5.67. The summed E-state index contributed by atoms with van der Waals surface area (Å²) in [6.07, 6.45) is 0.691. The Morgan fingerprint density at radius 1 is 0.952 bits per heavy atom. The molecule has 0 spiro atoms. The number of hydrogen-bond donors (Lipinski definition) is 0. The standard InChI is InChI=1S/C18H14O3/c1-13-6-5-9-16(17-11-10-15(12-19)20-17)18(13)21-14-7-3-2-4-8-14/h2-12H,1H3. The molecule has 0 fully saturated rings. The highest BCUT2D eigenvalue weighted by molar-refractivity contribution is 5.75. The highest BCUT2D eigenvalue weighted by Crippen LogP contribution is 2.36. The summed E-state index contributed by atoms with van der Waals surface area (Å²) in [5, 5.41) is 0. The SMILES string of the molecule is Cc1cccc(-c2ccc(C=O)o2)c1Oc1ccccc1. The van der Waals surface area contributed by atoms with Crippen molar-refractivity contribution < 1.29 is 13.9 Å². The number of benzene rings is 2. The first-order chi connectivity index (χ1) is 10.3. The number of carbonyl (C=O) groups excluding carboxylic acids is 1. The van der Waals surface area contributed by atoms with Gasteiger partial charge in [-0.3, -0.25) is 4.79 Å². The molecule has 3 heteroatoms. The molecule has 0 unspecified atom stereocenters. The van der Waals surface area contributed by atoms with Gasteiger partial charge in [0.2, 0.25) is 0 Å². The minimum absolute atomic E-state index is 0.303. The molecule has 0 aliphatic rings. The van der Waals surface area contributed by atoms with E-state index in [2.05, 4.69) is 0 Å². The van der Waals surface area contributed by atoms with Gasteiger partial charge < -0.3 is 9.15 Å². The van der Waals surface area contributed by atoms with E-state index in [0.29, 0.717) is 17.8 Å². The zero-order valence-electron chi connectivity index (χ0n) is 11.6. The molecule has 0 atom stereocenters. The largest absolute Gasteiger partial charge is 0.456 e. The van der Waals surface area contributed by atoms with E-state index in [1.807, 2.05) is 55.5 Å². The fourth-order valence-corrected chi connectivity index (χ4v) is 2.15. The van der Waals surface area contributed by atoms with Gasteiger partial charge in [-0.15, -0.1) is 0 Å². The number of para-hydroxylation sites is 2. The van der Waals surface area contributed by atoms with Crippen molar-refractivity contribution in [2.45, 2.75) is 6.92 Å². The second-order valence-electron chi connectivity index (χ2n) is 4.69. The van der Waals surface area contributed by atoms with Crippen LogP contribution in [0.15, 0.2) is 65.1 Å². The highest BCUT2D eigenvalue weighted by Gasteiger charge is 2.13. The number of aldehydes is 1. The average molecular weight is 278 g/mol. The zero-order valence-corrected chi connectivity index (χ0v) is 11.6. The minimum atomic E-state index is 0.303. The summed E-state index contributed by atoms with van der Waals surface area (Å²) < 4.78 is 11.5. The van der Waals surface area contributed by atoms with Gasteiger partial charge in [0.1, 0.15) is 17.3 Å². The molecule has 1 aromatic heterocycles. The summed E-state index contributed by atoms with van der Waals surface area (Å²) in [6.45, 7) is 1.98. The van der Waals surface area contributed by atoms with Crippen molar-refractivity contribution in [3.05, 3.63) is 72.0 Å². The lowest BCUT2D eigenvalue weighted by Gasteiger charge is -2.12. The number of furan rings is 1. The number of ether oxygens (including phenoxy) is 1. The van der Waals surface area contributed by atoms with Gasteiger partial charge >= 0.3 is 0 Å². The topological polar surface area (TPSA) is 39.4 Å². The van der Waals surface area contributed by atoms with Crippen molar-refractivity contribution in [2.75, 3.05) is 0 Å². The van der Waals surface area contributed by atoms with Crippen LogP contribution in [0.5, 0.6) is 11.5 Å². The third kappa shape index (κ3) is 2.72. The van der Waals surface area contributed by atoms with E-state index >= 15 is 0 Å². The van der Waals surface area contributed by atoms with E-state index in [9.17, 15) is 4.79 Å². The molecule has 0 amide bonds.